The second-order valence-corrected chi connectivity index (χ2v) is 10.4. The van der Waals surface area contributed by atoms with Crippen LogP contribution < -0.4 is 5.32 Å². The summed E-state index contributed by atoms with van der Waals surface area (Å²) in [5, 5.41) is 3.11. The third-order valence-corrected chi connectivity index (χ3v) is 7.80. The van der Waals surface area contributed by atoms with Gasteiger partial charge in [-0.2, -0.15) is 4.31 Å². The van der Waals surface area contributed by atoms with Crippen LogP contribution in [0.2, 0.25) is 5.02 Å². The molecule has 0 heterocycles. The number of nitrogens with zero attached hydrogens (tertiary/aromatic N) is 2. The number of amides is 1. The maximum Gasteiger partial charge on any atom is 0.252 e. The van der Waals surface area contributed by atoms with Gasteiger partial charge >= 0.3 is 0 Å². The van der Waals surface area contributed by atoms with Crippen molar-refractivity contribution in [3.63, 3.8) is 0 Å². The Morgan fingerprint density at radius 2 is 1.68 bits per heavy atom. The van der Waals surface area contributed by atoms with E-state index in [4.69, 9.17) is 11.6 Å². The number of carbonyl (C=O) groups excluding carboxylic acids is 1. The van der Waals surface area contributed by atoms with Crippen LogP contribution >= 0.6 is 11.6 Å². The fourth-order valence-corrected chi connectivity index (χ4v) is 4.74. The largest absolute Gasteiger partial charge is 0.350 e. The SMILES string of the molecule is CCc1ccc(C(CNC(=O)c2cc(S(=O)(=O)N(C)C(C)C)ccc2Cl)N(C)C)cc1. The van der Waals surface area contributed by atoms with Gasteiger partial charge in [0.15, 0.2) is 0 Å². The molecule has 0 radical (unpaired) electrons. The van der Waals surface area contributed by atoms with Crippen molar-refractivity contribution in [3.8, 4) is 0 Å². The number of aryl methyl sites for hydroxylation is 1. The van der Waals surface area contributed by atoms with Gasteiger partial charge in [-0.05, 0) is 63.7 Å². The normalized spacial score (nSPS) is 13.1. The van der Waals surface area contributed by atoms with Gasteiger partial charge in [-0.15, -0.1) is 0 Å². The average molecular weight is 466 g/mol. The minimum atomic E-state index is -3.72. The van der Waals surface area contributed by atoms with Crippen molar-refractivity contribution < 1.29 is 13.2 Å². The van der Waals surface area contributed by atoms with Crippen molar-refractivity contribution in [2.24, 2.45) is 0 Å². The molecule has 170 valence electrons. The molecule has 8 heteroatoms. The Hall–Kier alpha value is -1.93. The number of benzene rings is 2. The van der Waals surface area contributed by atoms with E-state index in [9.17, 15) is 13.2 Å². The molecule has 0 fully saturated rings. The number of hydrogen-bond donors (Lipinski definition) is 1. The van der Waals surface area contributed by atoms with Gasteiger partial charge in [-0.1, -0.05) is 42.8 Å². The molecule has 0 saturated heterocycles. The van der Waals surface area contributed by atoms with Crippen molar-refractivity contribution >= 4 is 27.5 Å². The minimum absolute atomic E-state index is 0.0346. The first-order chi connectivity index (χ1) is 14.5. The standard InChI is InChI=1S/C23H32ClN3O3S/c1-7-17-8-10-18(11-9-17)22(26(4)5)15-25-23(28)20-14-19(12-13-21(20)24)31(29,30)27(6)16(2)3/h8-14,16,22H,7,15H2,1-6H3,(H,25,28). The predicted octanol–water partition coefficient (Wildman–Crippen LogP) is 3.96. The number of sulfonamides is 1. The molecule has 0 spiro atoms. The summed E-state index contributed by atoms with van der Waals surface area (Å²) >= 11 is 6.23. The Morgan fingerprint density at radius 3 is 2.19 bits per heavy atom. The van der Waals surface area contributed by atoms with Crippen LogP contribution in [0.5, 0.6) is 0 Å². The van der Waals surface area contributed by atoms with Crippen LogP contribution in [0.25, 0.3) is 0 Å². The van der Waals surface area contributed by atoms with Crippen LogP contribution in [-0.2, 0) is 16.4 Å². The Kier molecular flexibility index (Phi) is 8.65. The molecule has 0 aromatic heterocycles. The van der Waals surface area contributed by atoms with Crippen LogP contribution in [-0.4, -0.2) is 57.3 Å². The van der Waals surface area contributed by atoms with E-state index in [1.807, 2.05) is 19.0 Å². The minimum Gasteiger partial charge on any atom is -0.350 e. The summed E-state index contributed by atoms with van der Waals surface area (Å²) in [5.74, 6) is -0.411. The first-order valence-corrected chi connectivity index (χ1v) is 12.1. The molecule has 1 atom stereocenters. The lowest BCUT2D eigenvalue weighted by Crippen LogP contribution is -2.35. The molecule has 0 aliphatic heterocycles. The van der Waals surface area contributed by atoms with E-state index in [1.54, 1.807) is 13.8 Å². The summed E-state index contributed by atoms with van der Waals surface area (Å²) in [7, 11) is 1.70. The van der Waals surface area contributed by atoms with E-state index in [2.05, 4.69) is 36.5 Å². The molecule has 1 amide bonds. The summed E-state index contributed by atoms with van der Waals surface area (Å²) in [6, 6.07) is 12.3. The Balaban J connectivity index is 2.24. The van der Waals surface area contributed by atoms with Crippen molar-refractivity contribution in [2.45, 2.75) is 44.2 Å². The van der Waals surface area contributed by atoms with Crippen LogP contribution in [0, 0.1) is 0 Å². The highest BCUT2D eigenvalue weighted by Gasteiger charge is 2.25. The number of nitrogens with one attached hydrogen (secondary N) is 1. The number of likely N-dealkylation sites (N-methyl/N-ethyl adjacent to an activating group) is 1. The summed E-state index contributed by atoms with van der Waals surface area (Å²) in [6.45, 7) is 6.04. The molecule has 0 aliphatic carbocycles. The molecule has 6 nitrogen and oxygen atoms in total. The number of rotatable bonds is 9. The van der Waals surface area contributed by atoms with E-state index in [0.29, 0.717) is 6.54 Å². The van der Waals surface area contributed by atoms with E-state index in [0.717, 1.165) is 12.0 Å². The topological polar surface area (TPSA) is 69.7 Å². The van der Waals surface area contributed by atoms with E-state index in [-0.39, 0.29) is 27.6 Å². The molecule has 0 saturated carbocycles. The van der Waals surface area contributed by atoms with Crippen molar-refractivity contribution in [1.82, 2.24) is 14.5 Å². The highest BCUT2D eigenvalue weighted by molar-refractivity contribution is 7.89. The average Bonchev–Trinajstić information content (AvgIpc) is 2.73. The first kappa shape index (κ1) is 25.3. The fourth-order valence-electron chi connectivity index (χ4n) is 3.14. The second-order valence-electron chi connectivity index (χ2n) is 8.04. The van der Waals surface area contributed by atoms with Crippen LogP contribution in [0.4, 0.5) is 0 Å². The van der Waals surface area contributed by atoms with Crippen molar-refractivity contribution in [3.05, 3.63) is 64.2 Å². The maximum atomic E-state index is 12.9. The van der Waals surface area contributed by atoms with E-state index < -0.39 is 15.9 Å². The number of carbonyl (C=O) groups is 1. The molecule has 0 bridgehead atoms. The van der Waals surface area contributed by atoms with Crippen LogP contribution in [0.1, 0.15) is 48.3 Å². The molecule has 2 aromatic rings. The molecular weight excluding hydrogens is 434 g/mol. The smallest absolute Gasteiger partial charge is 0.252 e. The number of hydrogen-bond acceptors (Lipinski definition) is 4. The monoisotopic (exact) mass is 465 g/mol. The number of halogens is 1. The summed E-state index contributed by atoms with van der Waals surface area (Å²) in [4.78, 5) is 15.0. The third-order valence-electron chi connectivity index (χ3n) is 5.44. The molecular formula is C23H32ClN3O3S. The van der Waals surface area contributed by atoms with Gasteiger partial charge in [-0.25, -0.2) is 8.42 Å². The quantitative estimate of drug-likeness (QED) is 0.608. The Labute approximate surface area is 191 Å². The van der Waals surface area contributed by atoms with Gasteiger partial charge in [0.25, 0.3) is 5.91 Å². The molecule has 1 N–H and O–H groups in total. The Morgan fingerprint density at radius 1 is 1.06 bits per heavy atom. The van der Waals surface area contributed by atoms with Gasteiger partial charge in [-0.3, -0.25) is 4.79 Å². The lowest BCUT2D eigenvalue weighted by atomic mass is 10.0. The third kappa shape index (κ3) is 6.07. The molecule has 2 rings (SSSR count). The van der Waals surface area contributed by atoms with Crippen LogP contribution in [0.3, 0.4) is 0 Å². The molecule has 31 heavy (non-hydrogen) atoms. The zero-order valence-electron chi connectivity index (χ0n) is 19.0. The predicted molar refractivity (Wildman–Crippen MR) is 126 cm³/mol. The second kappa shape index (κ2) is 10.6. The van der Waals surface area contributed by atoms with Crippen molar-refractivity contribution in [1.29, 1.82) is 0 Å². The van der Waals surface area contributed by atoms with Gasteiger partial charge < -0.3 is 10.2 Å². The Bertz CT molecular complexity index is 1010. The lowest BCUT2D eigenvalue weighted by molar-refractivity contribution is 0.0942. The lowest BCUT2D eigenvalue weighted by Gasteiger charge is -2.25. The highest BCUT2D eigenvalue weighted by atomic mass is 35.5. The maximum absolute atomic E-state index is 12.9. The van der Waals surface area contributed by atoms with Crippen molar-refractivity contribution in [2.75, 3.05) is 27.7 Å². The summed E-state index contributed by atoms with van der Waals surface area (Å²) in [6.07, 6.45) is 0.966. The van der Waals surface area contributed by atoms with Gasteiger partial charge in [0.05, 0.1) is 21.5 Å². The molecule has 2 aromatic carbocycles. The fraction of sp³-hybridized carbons (Fsp3) is 0.435. The first-order valence-electron chi connectivity index (χ1n) is 10.3. The molecule has 1 unspecified atom stereocenters. The zero-order chi connectivity index (χ0) is 23.3. The summed E-state index contributed by atoms with van der Waals surface area (Å²) in [5.41, 5.74) is 2.48. The van der Waals surface area contributed by atoms with Gasteiger partial charge in [0.1, 0.15) is 0 Å². The van der Waals surface area contributed by atoms with E-state index >= 15 is 0 Å². The highest BCUT2D eigenvalue weighted by Crippen LogP contribution is 2.24. The van der Waals surface area contributed by atoms with Gasteiger partial charge in [0, 0.05) is 19.6 Å². The van der Waals surface area contributed by atoms with Gasteiger partial charge in [0.2, 0.25) is 10.0 Å². The summed E-state index contributed by atoms with van der Waals surface area (Å²) < 4.78 is 26.9. The zero-order valence-corrected chi connectivity index (χ0v) is 20.6. The van der Waals surface area contributed by atoms with E-state index in [1.165, 1.54) is 35.1 Å². The molecule has 0 aliphatic rings. The van der Waals surface area contributed by atoms with Crippen LogP contribution in [0.15, 0.2) is 47.4 Å².